The maximum absolute atomic E-state index is 13.8. The minimum Gasteiger partial charge on any atom is -0.505 e. The molecule has 3 rings (SSSR count). The summed E-state index contributed by atoms with van der Waals surface area (Å²) in [5.41, 5.74) is 0.745. The van der Waals surface area contributed by atoms with Crippen LogP contribution in [-0.2, 0) is 5.75 Å². The molecule has 24 heavy (non-hydrogen) atoms. The fourth-order valence-corrected chi connectivity index (χ4v) is 3.07. The Kier molecular flexibility index (Phi) is 4.71. The molecule has 0 atom stereocenters. The number of phenolic OH excluding ortho intramolecular Hbond substituents is 1. The molecule has 0 bridgehead atoms. The van der Waals surface area contributed by atoms with Gasteiger partial charge in [-0.3, -0.25) is 0 Å². The number of benzene rings is 2. The Balaban J connectivity index is 1.79. The minimum absolute atomic E-state index is 0.339. The summed E-state index contributed by atoms with van der Waals surface area (Å²) < 4.78 is 24.0. The summed E-state index contributed by atoms with van der Waals surface area (Å²) >= 11 is 1.55. The van der Waals surface area contributed by atoms with Gasteiger partial charge in [0.25, 0.3) is 11.8 Å². The van der Waals surface area contributed by atoms with Crippen LogP contribution in [0.1, 0.15) is 5.69 Å². The standard InChI is InChI=1S/C17H15FN2O3S/c1-22-16-17(23-2)20-11(8-19-16)9-24-12-4-5-13-10(7-12)3-6-14(21)15(13)18/h3-8,21H,9H2,1-2H3. The van der Waals surface area contributed by atoms with Crippen LogP contribution >= 0.6 is 11.8 Å². The molecule has 0 saturated carbocycles. The zero-order valence-electron chi connectivity index (χ0n) is 13.1. The van der Waals surface area contributed by atoms with Gasteiger partial charge in [-0.15, -0.1) is 11.8 Å². The second-order valence-electron chi connectivity index (χ2n) is 4.95. The van der Waals surface area contributed by atoms with Crippen LogP contribution in [0.25, 0.3) is 10.8 Å². The van der Waals surface area contributed by atoms with Crippen molar-refractivity contribution in [3.05, 3.63) is 48.0 Å². The number of aromatic hydroxyl groups is 1. The number of halogens is 1. The molecule has 124 valence electrons. The molecule has 0 aliphatic carbocycles. The number of methoxy groups -OCH3 is 2. The van der Waals surface area contributed by atoms with Gasteiger partial charge in [0.15, 0.2) is 11.6 Å². The molecule has 0 aliphatic rings. The van der Waals surface area contributed by atoms with Crippen LogP contribution in [0.15, 0.2) is 41.4 Å². The fourth-order valence-electron chi connectivity index (χ4n) is 2.24. The van der Waals surface area contributed by atoms with Crippen LogP contribution in [0.2, 0.25) is 0 Å². The molecule has 0 saturated heterocycles. The van der Waals surface area contributed by atoms with E-state index in [0.29, 0.717) is 22.9 Å². The molecular formula is C17H15FN2O3S. The molecular weight excluding hydrogens is 331 g/mol. The minimum atomic E-state index is -0.602. The van der Waals surface area contributed by atoms with E-state index >= 15 is 0 Å². The second-order valence-corrected chi connectivity index (χ2v) is 6.00. The third kappa shape index (κ3) is 3.21. The van der Waals surface area contributed by atoms with Crippen molar-refractivity contribution in [2.75, 3.05) is 14.2 Å². The first-order chi connectivity index (χ1) is 11.6. The van der Waals surface area contributed by atoms with Crippen molar-refractivity contribution >= 4 is 22.5 Å². The maximum atomic E-state index is 13.8. The molecule has 2 aromatic carbocycles. The molecule has 0 aliphatic heterocycles. The van der Waals surface area contributed by atoms with Crippen LogP contribution in [-0.4, -0.2) is 29.3 Å². The van der Waals surface area contributed by atoms with Gasteiger partial charge in [-0.25, -0.2) is 14.4 Å². The second kappa shape index (κ2) is 6.92. The van der Waals surface area contributed by atoms with Crippen molar-refractivity contribution in [3.8, 4) is 17.5 Å². The zero-order chi connectivity index (χ0) is 17.1. The summed E-state index contributed by atoms with van der Waals surface area (Å²) in [7, 11) is 3.02. The molecule has 0 amide bonds. The van der Waals surface area contributed by atoms with E-state index in [1.165, 1.54) is 20.3 Å². The Morgan fingerprint density at radius 2 is 1.92 bits per heavy atom. The van der Waals surface area contributed by atoms with E-state index in [1.54, 1.807) is 30.1 Å². The van der Waals surface area contributed by atoms with Crippen molar-refractivity contribution in [2.45, 2.75) is 10.6 Å². The first kappa shape index (κ1) is 16.3. The molecule has 1 N–H and O–H groups in total. The van der Waals surface area contributed by atoms with Crippen molar-refractivity contribution < 1.29 is 19.0 Å². The van der Waals surface area contributed by atoms with E-state index in [2.05, 4.69) is 9.97 Å². The molecule has 3 aromatic rings. The van der Waals surface area contributed by atoms with Crippen molar-refractivity contribution in [3.63, 3.8) is 0 Å². The number of ether oxygens (including phenoxy) is 2. The van der Waals surface area contributed by atoms with Crippen molar-refractivity contribution in [2.24, 2.45) is 0 Å². The van der Waals surface area contributed by atoms with Gasteiger partial charge >= 0.3 is 0 Å². The summed E-state index contributed by atoms with van der Waals surface area (Å²) in [5, 5.41) is 10.5. The smallest absolute Gasteiger partial charge is 0.278 e. The van der Waals surface area contributed by atoms with Gasteiger partial charge in [0.2, 0.25) is 0 Å². The predicted octanol–water partition coefficient (Wildman–Crippen LogP) is 3.78. The summed E-state index contributed by atoms with van der Waals surface area (Å²) in [6.07, 6.45) is 1.63. The Morgan fingerprint density at radius 1 is 1.12 bits per heavy atom. The average molecular weight is 346 g/mol. The Bertz CT molecular complexity index is 889. The highest BCUT2D eigenvalue weighted by Crippen LogP contribution is 2.31. The molecule has 0 spiro atoms. The van der Waals surface area contributed by atoms with Crippen molar-refractivity contribution in [1.29, 1.82) is 0 Å². The van der Waals surface area contributed by atoms with Gasteiger partial charge in [0, 0.05) is 16.0 Å². The third-order valence-corrected chi connectivity index (χ3v) is 4.46. The molecule has 1 aromatic heterocycles. The number of rotatable bonds is 5. The van der Waals surface area contributed by atoms with Crippen LogP contribution < -0.4 is 9.47 Å². The third-order valence-electron chi connectivity index (χ3n) is 3.44. The normalized spacial score (nSPS) is 10.8. The number of fused-ring (bicyclic) bond motifs is 1. The lowest BCUT2D eigenvalue weighted by Gasteiger charge is -2.08. The average Bonchev–Trinajstić information content (AvgIpc) is 2.62. The van der Waals surface area contributed by atoms with Gasteiger partial charge < -0.3 is 14.6 Å². The van der Waals surface area contributed by atoms with E-state index in [4.69, 9.17) is 9.47 Å². The van der Waals surface area contributed by atoms with Gasteiger partial charge in [-0.05, 0) is 23.6 Å². The van der Waals surface area contributed by atoms with E-state index < -0.39 is 5.82 Å². The van der Waals surface area contributed by atoms with Gasteiger partial charge in [-0.2, -0.15) is 0 Å². The van der Waals surface area contributed by atoms with E-state index in [1.807, 2.05) is 12.1 Å². The number of hydrogen-bond acceptors (Lipinski definition) is 6. The summed E-state index contributed by atoms with van der Waals surface area (Å²) in [4.78, 5) is 9.45. The van der Waals surface area contributed by atoms with Gasteiger partial charge in [-0.1, -0.05) is 12.1 Å². The van der Waals surface area contributed by atoms with E-state index in [0.717, 1.165) is 16.0 Å². The number of phenols is 1. The number of thioether (sulfide) groups is 1. The van der Waals surface area contributed by atoms with E-state index in [-0.39, 0.29) is 5.75 Å². The number of aromatic nitrogens is 2. The molecule has 0 radical (unpaired) electrons. The van der Waals surface area contributed by atoms with Gasteiger partial charge in [0.1, 0.15) is 0 Å². The largest absolute Gasteiger partial charge is 0.505 e. The quantitative estimate of drug-likeness (QED) is 0.709. The highest BCUT2D eigenvalue weighted by Gasteiger charge is 2.10. The monoisotopic (exact) mass is 346 g/mol. The SMILES string of the molecule is COc1ncc(CSc2ccc3c(F)c(O)ccc3c2)nc1OC. The Hall–Kier alpha value is -2.54. The molecule has 5 nitrogen and oxygen atoms in total. The maximum Gasteiger partial charge on any atom is 0.278 e. The van der Waals surface area contributed by atoms with Crippen LogP contribution in [0.5, 0.6) is 17.5 Å². The van der Waals surface area contributed by atoms with E-state index in [9.17, 15) is 9.50 Å². The molecule has 7 heteroatoms. The Morgan fingerprint density at radius 3 is 2.67 bits per heavy atom. The summed E-state index contributed by atoms with van der Waals surface area (Å²) in [6.45, 7) is 0. The van der Waals surface area contributed by atoms with Crippen LogP contribution in [0, 0.1) is 5.82 Å². The number of nitrogens with zero attached hydrogens (tertiary/aromatic N) is 2. The molecule has 1 heterocycles. The highest BCUT2D eigenvalue weighted by atomic mass is 32.2. The molecule has 0 unspecified atom stereocenters. The van der Waals surface area contributed by atoms with Gasteiger partial charge in [0.05, 0.1) is 26.1 Å². The first-order valence-electron chi connectivity index (χ1n) is 7.10. The summed E-state index contributed by atoms with van der Waals surface area (Å²) in [6, 6.07) is 8.38. The van der Waals surface area contributed by atoms with Crippen molar-refractivity contribution in [1.82, 2.24) is 9.97 Å². The summed E-state index contributed by atoms with van der Waals surface area (Å²) in [5.74, 6) is 0.316. The molecule has 0 fully saturated rings. The first-order valence-corrected chi connectivity index (χ1v) is 8.09. The zero-order valence-corrected chi connectivity index (χ0v) is 13.9. The topological polar surface area (TPSA) is 64.5 Å². The Labute approximate surface area is 142 Å². The highest BCUT2D eigenvalue weighted by molar-refractivity contribution is 7.98. The van der Waals surface area contributed by atoms with Crippen LogP contribution in [0.3, 0.4) is 0 Å². The fraction of sp³-hybridized carbons (Fsp3) is 0.176. The lowest BCUT2D eigenvalue weighted by Crippen LogP contribution is -1.99. The number of hydrogen-bond donors (Lipinski definition) is 1. The van der Waals surface area contributed by atoms with Crippen LogP contribution in [0.4, 0.5) is 4.39 Å². The lowest BCUT2D eigenvalue weighted by atomic mass is 10.1. The predicted molar refractivity (Wildman–Crippen MR) is 90.3 cm³/mol. The lowest BCUT2D eigenvalue weighted by molar-refractivity contribution is 0.330.